The first-order valence-corrected chi connectivity index (χ1v) is 7.86. The quantitative estimate of drug-likeness (QED) is 0.790. The molecule has 6 heteroatoms. The second kappa shape index (κ2) is 7.07. The van der Waals surface area contributed by atoms with Gasteiger partial charge in [-0.05, 0) is 65.3 Å². The third kappa shape index (κ3) is 4.33. The number of benzene rings is 1. The van der Waals surface area contributed by atoms with Crippen molar-refractivity contribution >= 4 is 27.7 Å². The van der Waals surface area contributed by atoms with Gasteiger partial charge in [0.25, 0.3) is 0 Å². The molecule has 1 heterocycles. The summed E-state index contributed by atoms with van der Waals surface area (Å²) in [4.78, 5) is 5.42. The molecule has 0 saturated heterocycles. The van der Waals surface area contributed by atoms with Gasteiger partial charge in [-0.2, -0.15) is 0 Å². The summed E-state index contributed by atoms with van der Waals surface area (Å²) in [6.07, 6.45) is 1.15. The van der Waals surface area contributed by atoms with E-state index in [4.69, 9.17) is 0 Å². The molecule has 2 rings (SSSR count). The van der Waals surface area contributed by atoms with Crippen molar-refractivity contribution in [2.75, 3.05) is 6.54 Å². The highest BCUT2D eigenvalue weighted by Crippen LogP contribution is 2.32. The van der Waals surface area contributed by atoms with Crippen LogP contribution >= 0.6 is 27.7 Å². The SMILES string of the molecule is CCCNCc1ccc(Sc2n[nH]c(C)n2)c(Br)c1. The minimum Gasteiger partial charge on any atom is -0.313 e. The molecule has 1 aromatic heterocycles. The van der Waals surface area contributed by atoms with Crippen molar-refractivity contribution in [2.45, 2.75) is 36.9 Å². The van der Waals surface area contributed by atoms with Gasteiger partial charge in [-0.3, -0.25) is 5.10 Å². The van der Waals surface area contributed by atoms with Gasteiger partial charge in [0, 0.05) is 15.9 Å². The minimum absolute atomic E-state index is 0.745. The number of hydrogen-bond donors (Lipinski definition) is 2. The molecule has 0 aliphatic heterocycles. The summed E-state index contributed by atoms with van der Waals surface area (Å²) < 4.78 is 1.08. The van der Waals surface area contributed by atoms with Crippen LogP contribution in [-0.4, -0.2) is 21.7 Å². The van der Waals surface area contributed by atoms with E-state index in [9.17, 15) is 0 Å². The van der Waals surface area contributed by atoms with Crippen molar-refractivity contribution in [1.82, 2.24) is 20.5 Å². The van der Waals surface area contributed by atoms with Crippen molar-refractivity contribution in [3.05, 3.63) is 34.1 Å². The predicted molar refractivity (Wildman–Crippen MR) is 81.4 cm³/mol. The summed E-state index contributed by atoms with van der Waals surface area (Å²) in [6, 6.07) is 6.38. The van der Waals surface area contributed by atoms with Gasteiger partial charge in [0.1, 0.15) is 5.82 Å². The summed E-state index contributed by atoms with van der Waals surface area (Å²) in [7, 11) is 0. The van der Waals surface area contributed by atoms with Gasteiger partial charge in [0.05, 0.1) is 0 Å². The Morgan fingerprint density at radius 2 is 2.26 bits per heavy atom. The molecule has 2 N–H and O–H groups in total. The van der Waals surface area contributed by atoms with Gasteiger partial charge >= 0.3 is 0 Å². The lowest BCUT2D eigenvalue weighted by Gasteiger charge is -2.06. The summed E-state index contributed by atoms with van der Waals surface area (Å²) in [6.45, 7) is 6.01. The van der Waals surface area contributed by atoms with E-state index in [1.165, 1.54) is 5.56 Å². The number of rotatable bonds is 6. The number of nitrogens with one attached hydrogen (secondary N) is 2. The Morgan fingerprint density at radius 3 is 2.89 bits per heavy atom. The average molecular weight is 341 g/mol. The second-order valence-corrected chi connectivity index (χ2v) is 6.11. The van der Waals surface area contributed by atoms with E-state index in [0.717, 1.165) is 39.9 Å². The maximum absolute atomic E-state index is 4.29. The third-order valence-corrected chi connectivity index (χ3v) is 4.39. The fourth-order valence-corrected chi connectivity index (χ4v) is 3.04. The number of aromatic nitrogens is 3. The zero-order chi connectivity index (χ0) is 13.7. The maximum atomic E-state index is 4.29. The molecule has 0 amide bonds. The third-order valence-electron chi connectivity index (χ3n) is 2.53. The monoisotopic (exact) mass is 340 g/mol. The van der Waals surface area contributed by atoms with E-state index in [0.29, 0.717) is 0 Å². The Morgan fingerprint density at radius 1 is 1.42 bits per heavy atom. The first kappa shape index (κ1) is 14.6. The van der Waals surface area contributed by atoms with Crippen LogP contribution in [0.15, 0.2) is 32.7 Å². The van der Waals surface area contributed by atoms with Crippen LogP contribution < -0.4 is 5.32 Å². The van der Waals surface area contributed by atoms with Crippen LogP contribution in [0.4, 0.5) is 0 Å². The molecule has 2 aromatic rings. The average Bonchev–Trinajstić information content (AvgIpc) is 2.79. The van der Waals surface area contributed by atoms with Crippen molar-refractivity contribution in [1.29, 1.82) is 0 Å². The number of aromatic amines is 1. The Labute approximate surface area is 125 Å². The highest BCUT2D eigenvalue weighted by atomic mass is 79.9. The van der Waals surface area contributed by atoms with Crippen molar-refractivity contribution in [3.8, 4) is 0 Å². The molecule has 1 aromatic carbocycles. The molecule has 102 valence electrons. The van der Waals surface area contributed by atoms with E-state index < -0.39 is 0 Å². The predicted octanol–water partition coefficient (Wildman–Crippen LogP) is 3.53. The van der Waals surface area contributed by atoms with E-state index in [1.807, 2.05) is 6.92 Å². The Hall–Kier alpha value is -0.850. The molecule has 0 aliphatic rings. The zero-order valence-electron chi connectivity index (χ0n) is 11.0. The van der Waals surface area contributed by atoms with Gasteiger partial charge in [-0.15, -0.1) is 5.10 Å². The van der Waals surface area contributed by atoms with Crippen LogP contribution in [0.2, 0.25) is 0 Å². The maximum Gasteiger partial charge on any atom is 0.213 e. The van der Waals surface area contributed by atoms with Crippen LogP contribution in [0.1, 0.15) is 24.7 Å². The first-order valence-electron chi connectivity index (χ1n) is 6.25. The normalized spacial score (nSPS) is 10.9. The van der Waals surface area contributed by atoms with Crippen LogP contribution in [0, 0.1) is 6.92 Å². The van der Waals surface area contributed by atoms with Gasteiger partial charge in [-0.25, -0.2) is 4.98 Å². The Balaban J connectivity index is 2.02. The molecule has 4 nitrogen and oxygen atoms in total. The molecular formula is C13H17BrN4S. The molecule has 0 saturated carbocycles. The number of hydrogen-bond acceptors (Lipinski definition) is 4. The van der Waals surface area contributed by atoms with Crippen LogP contribution in [-0.2, 0) is 6.54 Å². The van der Waals surface area contributed by atoms with Crippen molar-refractivity contribution < 1.29 is 0 Å². The van der Waals surface area contributed by atoms with Crippen LogP contribution in [0.5, 0.6) is 0 Å². The molecule has 0 unspecified atom stereocenters. The van der Waals surface area contributed by atoms with Gasteiger partial charge < -0.3 is 5.32 Å². The highest BCUT2D eigenvalue weighted by molar-refractivity contribution is 9.10. The molecule has 0 bridgehead atoms. The number of aryl methyl sites for hydroxylation is 1. The van der Waals surface area contributed by atoms with Gasteiger partial charge in [0.15, 0.2) is 0 Å². The molecule has 19 heavy (non-hydrogen) atoms. The van der Waals surface area contributed by atoms with E-state index >= 15 is 0 Å². The number of halogens is 1. The second-order valence-electron chi connectivity index (χ2n) is 4.25. The topological polar surface area (TPSA) is 53.6 Å². The minimum atomic E-state index is 0.745. The Bertz CT molecular complexity index is 541. The summed E-state index contributed by atoms with van der Waals surface area (Å²) >= 11 is 5.16. The standard InChI is InChI=1S/C13H17BrN4S/c1-3-6-15-8-10-4-5-12(11(14)7-10)19-13-16-9(2)17-18-13/h4-5,7,15H,3,6,8H2,1-2H3,(H,16,17,18). The zero-order valence-corrected chi connectivity index (χ0v) is 13.4. The lowest BCUT2D eigenvalue weighted by Crippen LogP contribution is -2.13. The van der Waals surface area contributed by atoms with Crippen LogP contribution in [0.25, 0.3) is 0 Å². The van der Waals surface area contributed by atoms with E-state index in [-0.39, 0.29) is 0 Å². The van der Waals surface area contributed by atoms with Crippen molar-refractivity contribution in [3.63, 3.8) is 0 Å². The summed E-state index contributed by atoms with van der Waals surface area (Å²) in [5, 5.41) is 11.1. The molecule has 0 radical (unpaired) electrons. The first-order chi connectivity index (χ1) is 9.19. The lowest BCUT2D eigenvalue weighted by molar-refractivity contribution is 0.675. The van der Waals surface area contributed by atoms with Gasteiger partial charge in [0.2, 0.25) is 5.16 Å². The smallest absolute Gasteiger partial charge is 0.213 e. The highest BCUT2D eigenvalue weighted by Gasteiger charge is 2.07. The van der Waals surface area contributed by atoms with Crippen molar-refractivity contribution in [2.24, 2.45) is 0 Å². The largest absolute Gasteiger partial charge is 0.313 e. The molecular weight excluding hydrogens is 324 g/mol. The number of nitrogens with zero attached hydrogens (tertiary/aromatic N) is 2. The van der Waals surface area contributed by atoms with Crippen LogP contribution in [0.3, 0.4) is 0 Å². The molecule has 0 fully saturated rings. The lowest BCUT2D eigenvalue weighted by atomic mass is 10.2. The van der Waals surface area contributed by atoms with E-state index in [1.54, 1.807) is 11.8 Å². The summed E-state index contributed by atoms with van der Waals surface area (Å²) in [5.41, 5.74) is 1.27. The Kier molecular flexibility index (Phi) is 5.42. The molecule has 0 aliphatic carbocycles. The number of H-pyrrole nitrogens is 1. The van der Waals surface area contributed by atoms with E-state index in [2.05, 4.69) is 61.6 Å². The molecule has 0 spiro atoms. The molecule has 0 atom stereocenters. The fraction of sp³-hybridized carbons (Fsp3) is 0.385. The fourth-order valence-electron chi connectivity index (χ4n) is 1.61. The summed E-state index contributed by atoms with van der Waals surface area (Å²) in [5.74, 6) is 0.832. The van der Waals surface area contributed by atoms with Gasteiger partial charge in [-0.1, -0.05) is 13.0 Å².